The van der Waals surface area contributed by atoms with Crippen molar-refractivity contribution < 1.29 is 0 Å². The lowest BCUT2D eigenvalue weighted by molar-refractivity contribution is 0.326. The van der Waals surface area contributed by atoms with Crippen LogP contribution in [-0.4, -0.2) is 30.1 Å². The van der Waals surface area contributed by atoms with Gasteiger partial charge in [0, 0.05) is 20.1 Å². The first-order valence-corrected chi connectivity index (χ1v) is 5.67. The maximum atomic E-state index is 5.28. The molecule has 3 rings (SSSR count). The number of fused-ring (bicyclic) bond motifs is 4. The van der Waals surface area contributed by atoms with E-state index >= 15 is 0 Å². The van der Waals surface area contributed by atoms with Gasteiger partial charge in [-0.3, -0.25) is 0 Å². The summed E-state index contributed by atoms with van der Waals surface area (Å²) in [5.41, 5.74) is 0. The molecule has 3 heteroatoms. The van der Waals surface area contributed by atoms with Gasteiger partial charge < -0.3 is 10.2 Å². The number of hydrogen-bond donors (Lipinski definition) is 1. The van der Waals surface area contributed by atoms with Gasteiger partial charge in [0.25, 0.3) is 0 Å². The molecule has 1 saturated carbocycles. The SMILES string of the molecule is CNC(=S)N1CC2CCC(CC2)C1. The van der Waals surface area contributed by atoms with E-state index in [4.69, 9.17) is 12.2 Å². The average molecular weight is 198 g/mol. The second kappa shape index (κ2) is 3.82. The zero-order chi connectivity index (χ0) is 9.26. The van der Waals surface area contributed by atoms with Crippen molar-refractivity contribution in [2.24, 2.45) is 11.8 Å². The molecule has 0 amide bonds. The van der Waals surface area contributed by atoms with E-state index in [0.717, 1.165) is 16.9 Å². The minimum Gasteiger partial charge on any atom is -0.366 e. The number of thiocarbonyl (C=S) groups is 1. The molecule has 2 aliphatic heterocycles. The van der Waals surface area contributed by atoms with Crippen LogP contribution in [0.3, 0.4) is 0 Å². The molecular weight excluding hydrogens is 180 g/mol. The fourth-order valence-corrected chi connectivity index (χ4v) is 2.77. The summed E-state index contributed by atoms with van der Waals surface area (Å²) in [6.07, 6.45) is 5.70. The normalized spacial score (nSPS) is 32.8. The molecule has 2 heterocycles. The Morgan fingerprint density at radius 2 is 1.62 bits per heavy atom. The maximum absolute atomic E-state index is 5.28. The average Bonchev–Trinajstić information content (AvgIpc) is 2.49. The van der Waals surface area contributed by atoms with Crippen molar-refractivity contribution in [3.05, 3.63) is 0 Å². The van der Waals surface area contributed by atoms with E-state index in [2.05, 4.69) is 10.2 Å². The Labute approximate surface area is 85.7 Å². The summed E-state index contributed by atoms with van der Waals surface area (Å²) >= 11 is 5.28. The molecule has 0 aromatic rings. The van der Waals surface area contributed by atoms with Gasteiger partial charge in [-0.05, 0) is 49.7 Å². The topological polar surface area (TPSA) is 15.3 Å². The lowest BCUT2D eigenvalue weighted by Gasteiger charge is -2.24. The molecule has 0 atom stereocenters. The minimum atomic E-state index is 0.907. The minimum absolute atomic E-state index is 0.907. The predicted octanol–water partition coefficient (Wildman–Crippen LogP) is 1.61. The standard InChI is InChI=1S/C10H18N2S/c1-11-10(13)12-6-8-2-3-9(7-12)5-4-8/h8-9H,2-7H2,1H3,(H,11,13). The monoisotopic (exact) mass is 198 g/mol. The highest BCUT2D eigenvalue weighted by Gasteiger charge is 2.29. The van der Waals surface area contributed by atoms with Crippen LogP contribution in [0.4, 0.5) is 0 Å². The Kier molecular flexibility index (Phi) is 2.72. The van der Waals surface area contributed by atoms with Gasteiger partial charge in [0.15, 0.2) is 5.11 Å². The van der Waals surface area contributed by atoms with E-state index in [9.17, 15) is 0 Å². The molecule has 2 bridgehead atoms. The van der Waals surface area contributed by atoms with Crippen LogP contribution in [0, 0.1) is 11.8 Å². The van der Waals surface area contributed by atoms with E-state index in [1.807, 2.05) is 7.05 Å². The second-order valence-corrected chi connectivity index (χ2v) is 4.73. The van der Waals surface area contributed by atoms with Crippen molar-refractivity contribution in [2.45, 2.75) is 25.7 Å². The van der Waals surface area contributed by atoms with E-state index in [-0.39, 0.29) is 0 Å². The highest BCUT2D eigenvalue weighted by atomic mass is 32.1. The van der Waals surface area contributed by atoms with Gasteiger partial charge in [0.1, 0.15) is 0 Å². The first-order valence-electron chi connectivity index (χ1n) is 5.26. The van der Waals surface area contributed by atoms with E-state index in [1.165, 1.54) is 38.8 Å². The van der Waals surface area contributed by atoms with E-state index < -0.39 is 0 Å². The Morgan fingerprint density at radius 3 is 2.00 bits per heavy atom. The molecule has 3 aliphatic rings. The molecule has 2 saturated heterocycles. The van der Waals surface area contributed by atoms with Crippen molar-refractivity contribution in [2.75, 3.05) is 20.1 Å². The van der Waals surface area contributed by atoms with Gasteiger partial charge >= 0.3 is 0 Å². The molecular formula is C10H18N2S. The zero-order valence-electron chi connectivity index (χ0n) is 8.25. The maximum Gasteiger partial charge on any atom is 0.168 e. The summed E-state index contributed by atoms with van der Waals surface area (Å²) < 4.78 is 0. The fraction of sp³-hybridized carbons (Fsp3) is 0.900. The number of hydrogen-bond acceptors (Lipinski definition) is 1. The first-order chi connectivity index (χ1) is 6.29. The molecule has 3 fully saturated rings. The van der Waals surface area contributed by atoms with Crippen molar-refractivity contribution in [1.29, 1.82) is 0 Å². The summed E-state index contributed by atoms with van der Waals surface area (Å²) in [4.78, 5) is 2.37. The fourth-order valence-electron chi connectivity index (χ4n) is 2.62. The van der Waals surface area contributed by atoms with Gasteiger partial charge in [-0.1, -0.05) is 0 Å². The van der Waals surface area contributed by atoms with Crippen LogP contribution in [-0.2, 0) is 0 Å². The number of nitrogens with one attached hydrogen (secondary N) is 1. The van der Waals surface area contributed by atoms with Crippen molar-refractivity contribution >= 4 is 17.3 Å². The molecule has 2 nitrogen and oxygen atoms in total. The Morgan fingerprint density at radius 1 is 1.15 bits per heavy atom. The van der Waals surface area contributed by atoms with Crippen molar-refractivity contribution in [1.82, 2.24) is 10.2 Å². The summed E-state index contributed by atoms with van der Waals surface area (Å²) in [6.45, 7) is 2.38. The van der Waals surface area contributed by atoms with Gasteiger partial charge in [0.2, 0.25) is 0 Å². The summed E-state index contributed by atoms with van der Waals surface area (Å²) in [5, 5.41) is 4.03. The van der Waals surface area contributed by atoms with Crippen molar-refractivity contribution in [3.8, 4) is 0 Å². The van der Waals surface area contributed by atoms with E-state index in [1.54, 1.807) is 0 Å². The third-order valence-corrected chi connectivity index (χ3v) is 3.89. The molecule has 13 heavy (non-hydrogen) atoms. The van der Waals surface area contributed by atoms with Crippen LogP contribution in [0.25, 0.3) is 0 Å². The third-order valence-electron chi connectivity index (χ3n) is 3.42. The van der Waals surface area contributed by atoms with Crippen molar-refractivity contribution in [3.63, 3.8) is 0 Å². The Bertz CT molecular complexity index is 183. The third kappa shape index (κ3) is 1.96. The highest BCUT2D eigenvalue weighted by molar-refractivity contribution is 7.80. The highest BCUT2D eigenvalue weighted by Crippen LogP contribution is 2.33. The Hall–Kier alpha value is -0.310. The predicted molar refractivity (Wildman–Crippen MR) is 58.7 cm³/mol. The van der Waals surface area contributed by atoms with Crippen LogP contribution in [0.2, 0.25) is 0 Å². The smallest absolute Gasteiger partial charge is 0.168 e. The van der Waals surface area contributed by atoms with Crippen LogP contribution in [0.1, 0.15) is 25.7 Å². The second-order valence-electron chi connectivity index (χ2n) is 4.35. The summed E-state index contributed by atoms with van der Waals surface area (Å²) in [7, 11) is 1.93. The Balaban J connectivity index is 2.03. The van der Waals surface area contributed by atoms with Gasteiger partial charge in [-0.15, -0.1) is 0 Å². The van der Waals surface area contributed by atoms with Crippen LogP contribution in [0.15, 0.2) is 0 Å². The quantitative estimate of drug-likeness (QED) is 0.595. The summed E-state index contributed by atoms with van der Waals surface area (Å²) in [6, 6.07) is 0. The van der Waals surface area contributed by atoms with E-state index in [0.29, 0.717) is 0 Å². The molecule has 1 aliphatic carbocycles. The molecule has 0 radical (unpaired) electrons. The van der Waals surface area contributed by atoms with Crippen LogP contribution >= 0.6 is 12.2 Å². The van der Waals surface area contributed by atoms with Crippen LogP contribution in [0.5, 0.6) is 0 Å². The molecule has 1 N–H and O–H groups in total. The molecule has 0 aromatic carbocycles. The number of nitrogens with zero attached hydrogens (tertiary/aromatic N) is 1. The molecule has 0 aromatic heterocycles. The molecule has 0 unspecified atom stereocenters. The van der Waals surface area contributed by atoms with Gasteiger partial charge in [0.05, 0.1) is 0 Å². The largest absolute Gasteiger partial charge is 0.366 e. The van der Waals surface area contributed by atoms with Gasteiger partial charge in [-0.2, -0.15) is 0 Å². The number of rotatable bonds is 0. The molecule has 0 spiro atoms. The lowest BCUT2D eigenvalue weighted by Crippen LogP contribution is -2.40. The van der Waals surface area contributed by atoms with Crippen LogP contribution < -0.4 is 5.32 Å². The summed E-state index contributed by atoms with van der Waals surface area (Å²) in [5.74, 6) is 1.81. The zero-order valence-corrected chi connectivity index (χ0v) is 9.07. The lowest BCUT2D eigenvalue weighted by atomic mass is 9.84. The molecule has 74 valence electrons. The van der Waals surface area contributed by atoms with Gasteiger partial charge in [-0.25, -0.2) is 0 Å². The first kappa shape index (κ1) is 9.25.